The number of nitrogens with one attached hydrogen (secondary N) is 4. The minimum absolute atomic E-state index is 0.0626. The number of hydrazone groups is 1. The lowest BCUT2D eigenvalue weighted by Crippen LogP contribution is -2.28. The zero-order chi connectivity index (χ0) is 16.7. The first-order valence-electron chi connectivity index (χ1n) is 6.55. The third-order valence-electron chi connectivity index (χ3n) is 2.61. The molecule has 0 saturated heterocycles. The van der Waals surface area contributed by atoms with Gasteiger partial charge in [0.25, 0.3) is 5.56 Å². The van der Waals surface area contributed by atoms with Crippen LogP contribution in [-0.4, -0.2) is 33.8 Å². The SMILES string of the molecule is O=C(CCNc1n[nH]c(=O)[nH]c1=O)N/N=C/c1cccc(Cl)c1. The average Bonchev–Trinajstić information content (AvgIpc) is 2.49. The van der Waals surface area contributed by atoms with Gasteiger partial charge in [0.1, 0.15) is 0 Å². The van der Waals surface area contributed by atoms with Gasteiger partial charge in [-0.15, -0.1) is 5.10 Å². The summed E-state index contributed by atoms with van der Waals surface area (Å²) in [6.07, 6.45) is 1.53. The van der Waals surface area contributed by atoms with Crippen LogP contribution in [0.2, 0.25) is 5.02 Å². The molecule has 0 fully saturated rings. The highest BCUT2D eigenvalue weighted by molar-refractivity contribution is 6.30. The van der Waals surface area contributed by atoms with Crippen molar-refractivity contribution in [2.75, 3.05) is 11.9 Å². The van der Waals surface area contributed by atoms with Crippen LogP contribution in [0.4, 0.5) is 5.82 Å². The number of benzene rings is 1. The number of amides is 1. The molecule has 2 rings (SSSR count). The highest BCUT2D eigenvalue weighted by atomic mass is 35.5. The average molecular weight is 337 g/mol. The summed E-state index contributed by atoms with van der Waals surface area (Å²) in [6.45, 7) is 0.153. The lowest BCUT2D eigenvalue weighted by atomic mass is 10.2. The molecule has 1 amide bonds. The number of aromatic amines is 2. The second kappa shape index (κ2) is 7.90. The molecule has 4 N–H and O–H groups in total. The Morgan fingerprint density at radius 2 is 2.22 bits per heavy atom. The molecule has 23 heavy (non-hydrogen) atoms. The zero-order valence-electron chi connectivity index (χ0n) is 11.8. The molecule has 0 spiro atoms. The van der Waals surface area contributed by atoms with Crippen molar-refractivity contribution in [2.45, 2.75) is 6.42 Å². The number of halogens is 1. The first-order valence-corrected chi connectivity index (χ1v) is 6.93. The Balaban J connectivity index is 1.77. The topological polar surface area (TPSA) is 132 Å². The minimum Gasteiger partial charge on any atom is -0.364 e. The lowest BCUT2D eigenvalue weighted by molar-refractivity contribution is -0.120. The molecule has 1 aromatic carbocycles. The molecule has 0 atom stereocenters. The molecule has 0 unspecified atom stereocenters. The third-order valence-corrected chi connectivity index (χ3v) is 2.84. The normalized spacial score (nSPS) is 10.7. The van der Waals surface area contributed by atoms with E-state index in [-0.39, 0.29) is 24.7 Å². The number of H-pyrrole nitrogens is 2. The molecule has 120 valence electrons. The lowest BCUT2D eigenvalue weighted by Gasteiger charge is -2.02. The smallest absolute Gasteiger partial charge is 0.342 e. The van der Waals surface area contributed by atoms with Crippen LogP contribution >= 0.6 is 11.6 Å². The van der Waals surface area contributed by atoms with E-state index in [0.717, 1.165) is 5.56 Å². The van der Waals surface area contributed by atoms with Crippen LogP contribution in [0.3, 0.4) is 0 Å². The van der Waals surface area contributed by atoms with Crippen molar-refractivity contribution in [2.24, 2.45) is 5.10 Å². The quantitative estimate of drug-likeness (QED) is 0.437. The monoisotopic (exact) mass is 336 g/mol. The number of rotatable bonds is 6. The largest absolute Gasteiger partial charge is 0.364 e. The van der Waals surface area contributed by atoms with Crippen LogP contribution < -0.4 is 22.0 Å². The molecule has 10 heteroatoms. The van der Waals surface area contributed by atoms with Gasteiger partial charge in [0.2, 0.25) is 11.7 Å². The maximum atomic E-state index is 11.6. The van der Waals surface area contributed by atoms with Crippen molar-refractivity contribution < 1.29 is 4.79 Å². The molecule has 0 aliphatic rings. The summed E-state index contributed by atoms with van der Waals surface area (Å²) in [6, 6.07) is 6.99. The highest BCUT2D eigenvalue weighted by Gasteiger charge is 2.03. The maximum absolute atomic E-state index is 11.6. The first kappa shape index (κ1) is 16.4. The molecule has 0 aliphatic heterocycles. The molecule has 9 nitrogen and oxygen atoms in total. The molecule has 0 saturated carbocycles. The Morgan fingerprint density at radius 1 is 1.39 bits per heavy atom. The molecule has 2 aromatic rings. The fraction of sp³-hybridized carbons (Fsp3) is 0.154. The van der Waals surface area contributed by atoms with Crippen LogP contribution in [0.15, 0.2) is 39.0 Å². The van der Waals surface area contributed by atoms with Gasteiger partial charge in [0.05, 0.1) is 6.21 Å². The van der Waals surface area contributed by atoms with Gasteiger partial charge < -0.3 is 5.32 Å². The van der Waals surface area contributed by atoms with Gasteiger partial charge in [0, 0.05) is 18.0 Å². The predicted octanol–water partition coefficient (Wildman–Crippen LogP) is 0.0639. The van der Waals surface area contributed by atoms with E-state index in [4.69, 9.17) is 11.6 Å². The van der Waals surface area contributed by atoms with Crippen molar-refractivity contribution in [3.63, 3.8) is 0 Å². The summed E-state index contributed by atoms with van der Waals surface area (Å²) < 4.78 is 0. The Bertz CT molecular complexity index is 829. The summed E-state index contributed by atoms with van der Waals surface area (Å²) in [5, 5.41) is 12.6. The standard InChI is InChI=1S/C13H13ClN6O3/c14-9-3-1-2-8(6-9)7-16-18-10(21)4-5-15-11-12(22)17-13(23)20-19-11/h1-3,6-7H,4-5H2,(H,15,19)(H,18,21)(H2,17,20,22,23)/b16-7+. The zero-order valence-corrected chi connectivity index (χ0v) is 12.6. The Morgan fingerprint density at radius 3 is 2.96 bits per heavy atom. The molecule has 1 aromatic heterocycles. The van der Waals surface area contributed by atoms with Crippen molar-refractivity contribution in [1.82, 2.24) is 20.6 Å². The van der Waals surface area contributed by atoms with Crippen molar-refractivity contribution >= 4 is 29.5 Å². The van der Waals surface area contributed by atoms with Crippen LogP contribution in [0.5, 0.6) is 0 Å². The molecule has 0 bridgehead atoms. The number of anilines is 1. The minimum atomic E-state index is -0.700. The fourth-order valence-electron chi connectivity index (χ4n) is 1.58. The van der Waals surface area contributed by atoms with Gasteiger partial charge in [-0.25, -0.2) is 15.3 Å². The fourth-order valence-corrected chi connectivity index (χ4v) is 1.78. The van der Waals surface area contributed by atoms with E-state index in [0.29, 0.717) is 5.02 Å². The third kappa shape index (κ3) is 5.40. The van der Waals surface area contributed by atoms with E-state index in [1.807, 2.05) is 4.98 Å². The van der Waals surface area contributed by atoms with Gasteiger partial charge in [-0.3, -0.25) is 14.6 Å². The Hall–Kier alpha value is -2.94. The number of aromatic nitrogens is 3. The number of carbonyl (C=O) groups is 1. The van der Waals surface area contributed by atoms with Gasteiger partial charge in [-0.05, 0) is 17.7 Å². The van der Waals surface area contributed by atoms with E-state index < -0.39 is 11.2 Å². The van der Waals surface area contributed by atoms with E-state index >= 15 is 0 Å². The van der Waals surface area contributed by atoms with Crippen molar-refractivity contribution in [1.29, 1.82) is 0 Å². The number of carbonyl (C=O) groups excluding carboxylic acids is 1. The molecular formula is C13H13ClN6O3. The molecular weight excluding hydrogens is 324 g/mol. The molecule has 0 aliphatic carbocycles. The van der Waals surface area contributed by atoms with Crippen LogP contribution in [0.25, 0.3) is 0 Å². The maximum Gasteiger partial charge on any atom is 0.342 e. The number of hydrogen-bond acceptors (Lipinski definition) is 6. The van der Waals surface area contributed by atoms with Gasteiger partial charge in [-0.2, -0.15) is 5.10 Å². The van der Waals surface area contributed by atoms with Crippen LogP contribution in [0.1, 0.15) is 12.0 Å². The Kier molecular flexibility index (Phi) is 5.64. The second-order valence-corrected chi connectivity index (χ2v) is 4.82. The van der Waals surface area contributed by atoms with E-state index in [1.54, 1.807) is 24.3 Å². The van der Waals surface area contributed by atoms with Crippen LogP contribution in [-0.2, 0) is 4.79 Å². The van der Waals surface area contributed by atoms with Gasteiger partial charge >= 0.3 is 5.69 Å². The van der Waals surface area contributed by atoms with E-state index in [1.165, 1.54) is 6.21 Å². The van der Waals surface area contributed by atoms with E-state index in [2.05, 4.69) is 26.0 Å². The number of nitrogens with zero attached hydrogens (tertiary/aromatic N) is 2. The summed E-state index contributed by atoms with van der Waals surface area (Å²) in [5.41, 5.74) is 1.73. The summed E-state index contributed by atoms with van der Waals surface area (Å²) in [7, 11) is 0. The van der Waals surface area contributed by atoms with Crippen molar-refractivity contribution in [3.05, 3.63) is 55.7 Å². The predicted molar refractivity (Wildman–Crippen MR) is 85.8 cm³/mol. The van der Waals surface area contributed by atoms with Crippen LogP contribution in [0, 0.1) is 0 Å². The Labute approximate surface area is 134 Å². The molecule has 1 heterocycles. The highest BCUT2D eigenvalue weighted by Crippen LogP contribution is 2.08. The summed E-state index contributed by atoms with van der Waals surface area (Å²) >= 11 is 5.82. The van der Waals surface area contributed by atoms with Gasteiger partial charge in [-0.1, -0.05) is 23.7 Å². The summed E-state index contributed by atoms with van der Waals surface area (Å²) in [5.74, 6) is -0.420. The first-order chi connectivity index (χ1) is 11.0. The summed E-state index contributed by atoms with van der Waals surface area (Å²) in [4.78, 5) is 35.7. The number of hydrogen-bond donors (Lipinski definition) is 4. The van der Waals surface area contributed by atoms with Crippen molar-refractivity contribution in [3.8, 4) is 0 Å². The van der Waals surface area contributed by atoms with E-state index in [9.17, 15) is 14.4 Å². The second-order valence-electron chi connectivity index (χ2n) is 4.38. The van der Waals surface area contributed by atoms with Gasteiger partial charge in [0.15, 0.2) is 0 Å². The molecule has 0 radical (unpaired) electrons.